The van der Waals surface area contributed by atoms with E-state index in [-0.39, 0.29) is 29.7 Å². The number of rotatable bonds is 8. The highest BCUT2D eigenvalue weighted by Gasteiger charge is 2.16. The van der Waals surface area contributed by atoms with Gasteiger partial charge in [0.2, 0.25) is 11.8 Å². The van der Waals surface area contributed by atoms with Crippen molar-refractivity contribution in [3.8, 4) is 0 Å². The van der Waals surface area contributed by atoms with Crippen molar-refractivity contribution in [2.24, 2.45) is 7.05 Å². The van der Waals surface area contributed by atoms with E-state index in [1.54, 1.807) is 42.8 Å². The van der Waals surface area contributed by atoms with Crippen molar-refractivity contribution in [2.45, 2.75) is 25.4 Å². The summed E-state index contributed by atoms with van der Waals surface area (Å²) in [4.78, 5) is 35.2. The lowest BCUT2D eigenvalue weighted by Crippen LogP contribution is -2.17. The van der Waals surface area contributed by atoms with Gasteiger partial charge in [0.1, 0.15) is 5.82 Å². The summed E-state index contributed by atoms with van der Waals surface area (Å²) in [6, 6.07) is 9.75. The van der Waals surface area contributed by atoms with E-state index in [0.29, 0.717) is 32.9 Å². The van der Waals surface area contributed by atoms with Gasteiger partial charge in [-0.25, -0.2) is 0 Å². The summed E-state index contributed by atoms with van der Waals surface area (Å²) in [7, 11) is 1.70. The van der Waals surface area contributed by atoms with Crippen LogP contribution < -0.4 is 10.6 Å². The predicted molar refractivity (Wildman–Crippen MR) is 127 cm³/mol. The third-order valence-corrected chi connectivity index (χ3v) is 6.15. The van der Waals surface area contributed by atoms with Crippen LogP contribution in [0.4, 0.5) is 17.1 Å². The zero-order valence-electron chi connectivity index (χ0n) is 18.1. The molecule has 0 saturated carbocycles. The molecular weight excluding hydrogens is 468 g/mol. The van der Waals surface area contributed by atoms with Gasteiger partial charge in [0.15, 0.2) is 5.16 Å². The Balaban J connectivity index is 1.55. The number of benzene rings is 2. The smallest absolute Gasteiger partial charge is 0.274 e. The molecule has 33 heavy (non-hydrogen) atoms. The first kappa shape index (κ1) is 24.2. The normalized spacial score (nSPS) is 10.7. The van der Waals surface area contributed by atoms with E-state index >= 15 is 0 Å². The van der Waals surface area contributed by atoms with Crippen molar-refractivity contribution in [1.82, 2.24) is 14.8 Å². The molecule has 0 radical (unpaired) electrons. The highest BCUT2D eigenvalue weighted by molar-refractivity contribution is 7.99. The number of nitrogens with zero attached hydrogens (tertiary/aromatic N) is 4. The Morgan fingerprint density at radius 2 is 1.70 bits per heavy atom. The van der Waals surface area contributed by atoms with Crippen molar-refractivity contribution in [2.75, 3.05) is 16.4 Å². The fraction of sp³-hybridized carbons (Fsp3) is 0.238. The number of amides is 2. The van der Waals surface area contributed by atoms with Crippen LogP contribution in [0.5, 0.6) is 0 Å². The Bertz CT molecular complexity index is 1230. The highest BCUT2D eigenvalue weighted by atomic mass is 35.5. The molecule has 0 aliphatic heterocycles. The van der Waals surface area contributed by atoms with Gasteiger partial charge in [-0.05, 0) is 37.6 Å². The third kappa shape index (κ3) is 6.30. The molecule has 0 bridgehead atoms. The molecule has 12 heteroatoms. The molecule has 0 atom stereocenters. The molecule has 1 aromatic heterocycles. The van der Waals surface area contributed by atoms with E-state index in [4.69, 9.17) is 11.6 Å². The Kier molecular flexibility index (Phi) is 7.67. The lowest BCUT2D eigenvalue weighted by atomic mass is 10.2. The molecule has 2 N–H and O–H groups in total. The Labute approximate surface area is 198 Å². The highest BCUT2D eigenvalue weighted by Crippen LogP contribution is 2.23. The second kappa shape index (κ2) is 10.5. The van der Waals surface area contributed by atoms with Crippen molar-refractivity contribution >= 4 is 52.2 Å². The van der Waals surface area contributed by atoms with Gasteiger partial charge in [-0.15, -0.1) is 10.2 Å². The van der Waals surface area contributed by atoms with E-state index in [2.05, 4.69) is 20.8 Å². The number of aromatic nitrogens is 3. The number of hydrogen-bond acceptors (Lipinski definition) is 7. The molecule has 3 aromatic rings. The first-order valence-corrected chi connectivity index (χ1v) is 11.1. The number of hydrogen-bond donors (Lipinski definition) is 2. The molecule has 0 saturated heterocycles. The van der Waals surface area contributed by atoms with Crippen molar-refractivity contribution in [3.05, 3.63) is 68.5 Å². The summed E-state index contributed by atoms with van der Waals surface area (Å²) < 4.78 is 1.64. The number of carbonyl (C=O) groups excluding carboxylic acids is 2. The standard InChI is InChI=1S/C21H21ClN6O4S/c1-12-4-6-14(8-16(12)22)23-19(29)10-18-25-26-21(27(18)3)33-11-20(30)24-15-7-5-13(2)17(9-15)28(31)32/h4-9H,10-11H2,1-3H3,(H,23,29)(H,24,30). The molecule has 2 aromatic carbocycles. The Hall–Kier alpha value is -3.44. The molecular formula is C21H21ClN6O4S. The summed E-state index contributed by atoms with van der Waals surface area (Å²) in [5.41, 5.74) is 2.28. The first-order valence-electron chi connectivity index (χ1n) is 9.76. The van der Waals surface area contributed by atoms with Crippen LogP contribution in [0, 0.1) is 24.0 Å². The topological polar surface area (TPSA) is 132 Å². The average molecular weight is 489 g/mol. The zero-order chi connectivity index (χ0) is 24.1. The first-order chi connectivity index (χ1) is 15.6. The van der Waals surface area contributed by atoms with Gasteiger partial charge in [-0.3, -0.25) is 19.7 Å². The fourth-order valence-corrected chi connectivity index (χ4v) is 3.77. The number of carbonyl (C=O) groups is 2. The summed E-state index contributed by atoms with van der Waals surface area (Å²) >= 11 is 7.22. The summed E-state index contributed by atoms with van der Waals surface area (Å²) in [5, 5.41) is 25.5. The van der Waals surface area contributed by atoms with Crippen LogP contribution in [-0.2, 0) is 23.1 Å². The number of aryl methyl sites for hydroxylation is 2. The van der Waals surface area contributed by atoms with Crippen LogP contribution >= 0.6 is 23.4 Å². The van der Waals surface area contributed by atoms with Crippen LogP contribution in [0.3, 0.4) is 0 Å². The maximum Gasteiger partial charge on any atom is 0.274 e. The van der Waals surface area contributed by atoms with Gasteiger partial charge in [-0.1, -0.05) is 35.5 Å². The van der Waals surface area contributed by atoms with Gasteiger partial charge in [-0.2, -0.15) is 0 Å². The average Bonchev–Trinajstić information content (AvgIpc) is 3.09. The lowest BCUT2D eigenvalue weighted by Gasteiger charge is -2.08. The zero-order valence-corrected chi connectivity index (χ0v) is 19.7. The van der Waals surface area contributed by atoms with Crippen LogP contribution in [0.25, 0.3) is 0 Å². The quantitative estimate of drug-likeness (QED) is 0.279. The van der Waals surface area contributed by atoms with Crippen molar-refractivity contribution in [1.29, 1.82) is 0 Å². The minimum absolute atomic E-state index is 0.00517. The molecule has 3 rings (SSSR count). The predicted octanol–water partition coefficient (Wildman–Crippen LogP) is 3.91. The number of anilines is 2. The molecule has 0 aliphatic rings. The number of nitro groups is 1. The molecule has 10 nitrogen and oxygen atoms in total. The van der Waals surface area contributed by atoms with Crippen LogP contribution in [0.15, 0.2) is 41.6 Å². The molecule has 0 unspecified atom stereocenters. The van der Waals surface area contributed by atoms with Crippen LogP contribution in [-0.4, -0.2) is 37.3 Å². The fourth-order valence-electron chi connectivity index (χ4n) is 2.86. The SMILES string of the molecule is Cc1ccc(NC(=O)Cc2nnc(SCC(=O)Nc3ccc(C)c([N+](=O)[O-])c3)n2C)cc1Cl. The maximum absolute atomic E-state index is 12.4. The van der Waals surface area contributed by atoms with Gasteiger partial charge >= 0.3 is 0 Å². The number of nitro benzene ring substituents is 1. The summed E-state index contributed by atoms with van der Waals surface area (Å²) in [6.45, 7) is 3.50. The number of halogens is 1. The second-order valence-corrected chi connectivity index (χ2v) is 8.59. The van der Waals surface area contributed by atoms with Crippen LogP contribution in [0.2, 0.25) is 5.02 Å². The summed E-state index contributed by atoms with van der Waals surface area (Å²) in [5.74, 6) is -0.179. The Morgan fingerprint density at radius 3 is 2.36 bits per heavy atom. The lowest BCUT2D eigenvalue weighted by molar-refractivity contribution is -0.385. The van der Waals surface area contributed by atoms with Gasteiger partial charge < -0.3 is 15.2 Å². The minimum Gasteiger partial charge on any atom is -0.326 e. The third-order valence-electron chi connectivity index (χ3n) is 4.72. The molecule has 0 aliphatic carbocycles. The molecule has 1 heterocycles. The van der Waals surface area contributed by atoms with E-state index < -0.39 is 4.92 Å². The summed E-state index contributed by atoms with van der Waals surface area (Å²) in [6.07, 6.45) is -0.00517. The largest absolute Gasteiger partial charge is 0.326 e. The van der Waals surface area contributed by atoms with E-state index in [0.717, 1.165) is 17.3 Å². The van der Waals surface area contributed by atoms with E-state index in [1.807, 2.05) is 13.0 Å². The van der Waals surface area contributed by atoms with E-state index in [9.17, 15) is 19.7 Å². The van der Waals surface area contributed by atoms with Crippen molar-refractivity contribution < 1.29 is 14.5 Å². The van der Waals surface area contributed by atoms with E-state index in [1.165, 1.54) is 6.07 Å². The second-order valence-electron chi connectivity index (χ2n) is 7.24. The monoisotopic (exact) mass is 488 g/mol. The van der Waals surface area contributed by atoms with Crippen LogP contribution in [0.1, 0.15) is 17.0 Å². The van der Waals surface area contributed by atoms with Gasteiger partial charge in [0.05, 0.1) is 17.1 Å². The number of nitrogens with one attached hydrogen (secondary N) is 2. The molecule has 172 valence electrons. The van der Waals surface area contributed by atoms with Gasteiger partial charge in [0, 0.05) is 35.1 Å². The molecule has 0 spiro atoms. The van der Waals surface area contributed by atoms with Crippen molar-refractivity contribution in [3.63, 3.8) is 0 Å². The number of thioether (sulfide) groups is 1. The molecule has 2 amide bonds. The maximum atomic E-state index is 12.4. The van der Waals surface area contributed by atoms with Gasteiger partial charge in [0.25, 0.3) is 5.69 Å². The Morgan fingerprint density at radius 1 is 1.06 bits per heavy atom. The molecule has 0 fully saturated rings. The minimum atomic E-state index is -0.496.